The van der Waals surface area contributed by atoms with E-state index in [4.69, 9.17) is 4.74 Å². The summed E-state index contributed by atoms with van der Waals surface area (Å²) in [6, 6.07) is 7.58. The lowest BCUT2D eigenvalue weighted by atomic mass is 10.1. The number of allylic oxidation sites excluding steroid dienone is 1. The van der Waals surface area contributed by atoms with Gasteiger partial charge in [-0.15, -0.1) is 6.58 Å². The first-order chi connectivity index (χ1) is 7.25. The first kappa shape index (κ1) is 11.8. The molecule has 1 aromatic carbocycles. The summed E-state index contributed by atoms with van der Waals surface area (Å²) in [4.78, 5) is 0. The molecule has 0 aliphatic heterocycles. The summed E-state index contributed by atoms with van der Waals surface area (Å²) in [5.41, 5.74) is 0.844. The predicted molar refractivity (Wildman–Crippen MR) is 62.0 cm³/mol. The van der Waals surface area contributed by atoms with Gasteiger partial charge in [0.25, 0.3) is 0 Å². The Balaban J connectivity index is 2.55. The van der Waals surface area contributed by atoms with E-state index in [-0.39, 0.29) is 0 Å². The molecule has 0 aliphatic carbocycles. The average molecular weight is 206 g/mol. The van der Waals surface area contributed by atoms with Crippen molar-refractivity contribution >= 4 is 0 Å². The molecule has 1 rings (SSSR count). The summed E-state index contributed by atoms with van der Waals surface area (Å²) in [5, 5.41) is 9.51. The third-order valence-electron chi connectivity index (χ3n) is 2.18. The van der Waals surface area contributed by atoms with Crippen LogP contribution >= 0.6 is 0 Å². The molecule has 1 aromatic rings. The number of aliphatic hydroxyl groups is 1. The van der Waals surface area contributed by atoms with Gasteiger partial charge in [0, 0.05) is 5.56 Å². The molecule has 0 aliphatic rings. The summed E-state index contributed by atoms with van der Waals surface area (Å²) in [7, 11) is 0. The van der Waals surface area contributed by atoms with Crippen LogP contribution in [0.15, 0.2) is 36.9 Å². The van der Waals surface area contributed by atoms with Crippen molar-refractivity contribution in [2.75, 3.05) is 6.61 Å². The van der Waals surface area contributed by atoms with E-state index in [1.165, 1.54) is 0 Å². The zero-order chi connectivity index (χ0) is 11.1. The molecule has 0 radical (unpaired) electrons. The second-order valence-corrected chi connectivity index (χ2v) is 3.49. The van der Waals surface area contributed by atoms with E-state index in [0.717, 1.165) is 24.2 Å². The molecule has 0 spiro atoms. The van der Waals surface area contributed by atoms with Gasteiger partial charge in [0.15, 0.2) is 0 Å². The quantitative estimate of drug-likeness (QED) is 0.572. The Hall–Kier alpha value is -1.28. The average Bonchev–Trinajstić information content (AvgIpc) is 2.25. The Morgan fingerprint density at radius 2 is 2.20 bits per heavy atom. The van der Waals surface area contributed by atoms with Gasteiger partial charge in [-0.2, -0.15) is 0 Å². The van der Waals surface area contributed by atoms with E-state index in [0.29, 0.717) is 6.61 Å². The van der Waals surface area contributed by atoms with Crippen LogP contribution in [0.2, 0.25) is 0 Å². The Bertz CT molecular complexity index is 305. The van der Waals surface area contributed by atoms with Gasteiger partial charge in [-0.25, -0.2) is 0 Å². The van der Waals surface area contributed by atoms with E-state index in [2.05, 4.69) is 6.58 Å². The summed E-state index contributed by atoms with van der Waals surface area (Å²) >= 11 is 0. The molecular formula is C13H18O2. The van der Waals surface area contributed by atoms with E-state index in [9.17, 15) is 5.11 Å². The lowest BCUT2D eigenvalue weighted by Crippen LogP contribution is -2.01. The first-order valence-electron chi connectivity index (χ1n) is 5.26. The monoisotopic (exact) mass is 206 g/mol. The van der Waals surface area contributed by atoms with Crippen LogP contribution in [0, 0.1) is 0 Å². The minimum Gasteiger partial charge on any atom is -0.493 e. The first-order valence-corrected chi connectivity index (χ1v) is 5.26. The van der Waals surface area contributed by atoms with Crippen LogP contribution in [0.3, 0.4) is 0 Å². The summed E-state index contributed by atoms with van der Waals surface area (Å²) in [5.74, 6) is 0.775. The molecular weight excluding hydrogens is 188 g/mol. The van der Waals surface area contributed by atoms with Gasteiger partial charge in [-0.1, -0.05) is 24.3 Å². The number of hydrogen-bond donors (Lipinski definition) is 1. The molecule has 15 heavy (non-hydrogen) atoms. The molecule has 0 saturated carbocycles. The van der Waals surface area contributed by atoms with Crippen molar-refractivity contribution in [3.05, 3.63) is 42.5 Å². The van der Waals surface area contributed by atoms with Crippen LogP contribution in [0.4, 0.5) is 0 Å². The smallest absolute Gasteiger partial charge is 0.125 e. The molecule has 0 amide bonds. The highest BCUT2D eigenvalue weighted by atomic mass is 16.5. The van der Waals surface area contributed by atoms with Crippen molar-refractivity contribution in [1.82, 2.24) is 0 Å². The molecule has 0 aromatic heterocycles. The van der Waals surface area contributed by atoms with Gasteiger partial charge in [0.2, 0.25) is 0 Å². The van der Waals surface area contributed by atoms with Crippen LogP contribution < -0.4 is 4.74 Å². The van der Waals surface area contributed by atoms with Crippen LogP contribution in [0.1, 0.15) is 31.4 Å². The fourth-order valence-corrected chi connectivity index (χ4v) is 1.37. The van der Waals surface area contributed by atoms with E-state index in [1.807, 2.05) is 30.3 Å². The maximum absolute atomic E-state index is 9.51. The predicted octanol–water partition coefficient (Wildman–Crippen LogP) is 3.08. The lowest BCUT2D eigenvalue weighted by Gasteiger charge is -2.12. The van der Waals surface area contributed by atoms with Gasteiger partial charge in [0.05, 0.1) is 12.7 Å². The van der Waals surface area contributed by atoms with Crippen LogP contribution in [-0.2, 0) is 0 Å². The fraction of sp³-hybridized carbons (Fsp3) is 0.385. The Labute approximate surface area is 91.2 Å². The van der Waals surface area contributed by atoms with Crippen molar-refractivity contribution in [2.24, 2.45) is 0 Å². The van der Waals surface area contributed by atoms with Gasteiger partial charge >= 0.3 is 0 Å². The molecule has 0 unspecified atom stereocenters. The SMILES string of the molecule is C=CCCCOc1ccccc1[C@@H](C)O. The number of benzene rings is 1. The van der Waals surface area contributed by atoms with Gasteiger partial charge in [-0.05, 0) is 25.8 Å². The zero-order valence-electron chi connectivity index (χ0n) is 9.15. The third-order valence-corrected chi connectivity index (χ3v) is 2.18. The molecule has 82 valence electrons. The molecule has 0 fully saturated rings. The number of ether oxygens (including phenoxy) is 1. The van der Waals surface area contributed by atoms with E-state index in [1.54, 1.807) is 6.92 Å². The zero-order valence-corrected chi connectivity index (χ0v) is 9.15. The Morgan fingerprint density at radius 3 is 2.87 bits per heavy atom. The molecule has 0 saturated heterocycles. The number of unbranched alkanes of at least 4 members (excludes halogenated alkanes) is 1. The van der Waals surface area contributed by atoms with Crippen LogP contribution in [0.5, 0.6) is 5.75 Å². The summed E-state index contributed by atoms with van der Waals surface area (Å²) < 4.78 is 5.59. The second-order valence-electron chi connectivity index (χ2n) is 3.49. The van der Waals surface area contributed by atoms with Gasteiger partial charge < -0.3 is 9.84 Å². The van der Waals surface area contributed by atoms with Crippen molar-refractivity contribution in [2.45, 2.75) is 25.9 Å². The summed E-state index contributed by atoms with van der Waals surface area (Å²) in [6.07, 6.45) is 3.30. The number of aliphatic hydroxyl groups excluding tert-OH is 1. The minimum atomic E-state index is -0.486. The van der Waals surface area contributed by atoms with Gasteiger partial charge in [-0.3, -0.25) is 0 Å². The largest absolute Gasteiger partial charge is 0.493 e. The molecule has 1 N–H and O–H groups in total. The molecule has 0 heterocycles. The van der Waals surface area contributed by atoms with Crippen LogP contribution in [0.25, 0.3) is 0 Å². The van der Waals surface area contributed by atoms with Crippen molar-refractivity contribution in [3.63, 3.8) is 0 Å². The minimum absolute atomic E-state index is 0.486. The van der Waals surface area contributed by atoms with E-state index < -0.39 is 6.10 Å². The van der Waals surface area contributed by atoms with Gasteiger partial charge in [0.1, 0.15) is 5.75 Å². The standard InChI is InChI=1S/C13H18O2/c1-3-4-7-10-15-13-9-6-5-8-12(13)11(2)14/h3,5-6,8-9,11,14H,1,4,7,10H2,2H3/t11-/m1/s1. The molecule has 1 atom stereocenters. The fourth-order valence-electron chi connectivity index (χ4n) is 1.37. The van der Waals surface area contributed by atoms with Crippen molar-refractivity contribution in [1.29, 1.82) is 0 Å². The maximum Gasteiger partial charge on any atom is 0.125 e. The topological polar surface area (TPSA) is 29.5 Å². The lowest BCUT2D eigenvalue weighted by molar-refractivity contribution is 0.191. The van der Waals surface area contributed by atoms with E-state index >= 15 is 0 Å². The van der Waals surface area contributed by atoms with Crippen molar-refractivity contribution in [3.8, 4) is 5.75 Å². The third kappa shape index (κ3) is 3.76. The van der Waals surface area contributed by atoms with Crippen LogP contribution in [-0.4, -0.2) is 11.7 Å². The Kier molecular flexibility index (Phi) is 4.91. The Morgan fingerprint density at radius 1 is 1.47 bits per heavy atom. The number of para-hydroxylation sites is 1. The highest BCUT2D eigenvalue weighted by molar-refractivity contribution is 5.34. The summed E-state index contributed by atoms with van der Waals surface area (Å²) in [6.45, 7) is 6.06. The second kappa shape index (κ2) is 6.25. The highest BCUT2D eigenvalue weighted by Gasteiger charge is 2.07. The molecule has 0 bridgehead atoms. The molecule has 2 nitrogen and oxygen atoms in total. The highest BCUT2D eigenvalue weighted by Crippen LogP contribution is 2.24. The molecule has 2 heteroatoms. The van der Waals surface area contributed by atoms with Crippen molar-refractivity contribution < 1.29 is 9.84 Å². The number of hydrogen-bond acceptors (Lipinski definition) is 2. The normalized spacial score (nSPS) is 12.1. The maximum atomic E-state index is 9.51. The number of rotatable bonds is 6.